The topological polar surface area (TPSA) is 56.0 Å². The molecule has 1 aromatic heterocycles. The summed E-state index contributed by atoms with van der Waals surface area (Å²) in [6.45, 7) is 7.06. The Hall–Kier alpha value is -2.57. The number of rotatable bonds is 7. The Morgan fingerprint density at radius 2 is 1.69 bits per heavy atom. The Morgan fingerprint density at radius 3 is 2.17 bits per heavy atom. The van der Waals surface area contributed by atoms with E-state index in [-0.39, 0.29) is 16.0 Å². The quantitative estimate of drug-likeness (QED) is 0.495. The summed E-state index contributed by atoms with van der Waals surface area (Å²) in [5.41, 5.74) is 0.325. The van der Waals surface area contributed by atoms with Gasteiger partial charge in [0, 0.05) is 18.7 Å². The van der Waals surface area contributed by atoms with Crippen LogP contribution in [0.15, 0.2) is 24.3 Å². The lowest BCUT2D eigenvalue weighted by Gasteiger charge is -2.19. The number of unbranched alkanes of at least 4 members (excludes halogenated alkanes) is 1. The molecule has 1 heterocycles. The Morgan fingerprint density at radius 1 is 1.10 bits per heavy atom. The highest BCUT2D eigenvalue weighted by molar-refractivity contribution is 6.06. The fraction of sp³-hybridized carbons (Fsp3) is 0.455. The number of nitrogens with one attached hydrogen (secondary N) is 1. The maximum absolute atomic E-state index is 13.8. The highest BCUT2D eigenvalue weighted by atomic mass is 19.4. The van der Waals surface area contributed by atoms with Crippen LogP contribution in [0.25, 0.3) is 0 Å². The summed E-state index contributed by atoms with van der Waals surface area (Å²) in [5, 5.41) is 15.0. The Balaban J connectivity index is 2.66. The van der Waals surface area contributed by atoms with Crippen molar-refractivity contribution in [2.75, 3.05) is 5.32 Å². The van der Waals surface area contributed by atoms with Gasteiger partial charge in [0.05, 0.1) is 0 Å². The van der Waals surface area contributed by atoms with Crippen LogP contribution < -0.4 is 10.0 Å². The van der Waals surface area contributed by atoms with Crippen LogP contribution in [0.1, 0.15) is 72.0 Å². The van der Waals surface area contributed by atoms with Crippen molar-refractivity contribution in [3.05, 3.63) is 63.1 Å². The summed E-state index contributed by atoms with van der Waals surface area (Å²) in [5.74, 6) is -0.899. The molecule has 0 spiro atoms. The molecule has 0 fully saturated rings. The zero-order valence-electron chi connectivity index (χ0n) is 17.2. The van der Waals surface area contributed by atoms with E-state index in [9.17, 15) is 23.2 Å². The van der Waals surface area contributed by atoms with Gasteiger partial charge in [0.2, 0.25) is 0 Å². The van der Waals surface area contributed by atoms with Crippen LogP contribution in [-0.4, -0.2) is 5.91 Å². The number of carbonyl (C=O) groups excluding carboxylic acids is 1. The summed E-state index contributed by atoms with van der Waals surface area (Å²) >= 11 is 0. The number of anilines is 1. The van der Waals surface area contributed by atoms with Gasteiger partial charge in [-0.2, -0.15) is 17.9 Å². The van der Waals surface area contributed by atoms with Crippen LogP contribution in [0.3, 0.4) is 0 Å². The molecular weight excluding hydrogens is 381 g/mol. The van der Waals surface area contributed by atoms with Gasteiger partial charge in [-0.05, 0) is 42.4 Å². The molecule has 4 nitrogen and oxygen atoms in total. The third kappa shape index (κ3) is 4.89. The molecule has 0 atom stereocenters. The number of pyridine rings is 1. The Kier molecular flexibility index (Phi) is 7.27. The SMILES string of the molecule is CCCCc1cc(C)[n+]([O-])c(C(F)(F)F)c1C(=O)Nc1c(CC)cccc1CC. The molecule has 2 rings (SSSR count). The summed E-state index contributed by atoms with van der Waals surface area (Å²) in [7, 11) is 0. The first kappa shape index (κ1) is 22.7. The third-order valence-corrected chi connectivity index (χ3v) is 5.00. The molecule has 2 aromatic rings. The number of halogens is 3. The number of aromatic nitrogens is 1. The van der Waals surface area contributed by atoms with Gasteiger partial charge in [-0.15, -0.1) is 0 Å². The van der Waals surface area contributed by atoms with Crippen molar-refractivity contribution >= 4 is 11.6 Å². The zero-order valence-corrected chi connectivity index (χ0v) is 17.2. The molecule has 0 aliphatic rings. The second kappa shape index (κ2) is 9.29. The molecule has 0 aliphatic carbocycles. The largest absolute Gasteiger partial charge is 0.618 e. The average Bonchev–Trinajstić information content (AvgIpc) is 2.67. The van der Waals surface area contributed by atoms with Gasteiger partial charge < -0.3 is 10.5 Å². The molecule has 0 unspecified atom stereocenters. The van der Waals surface area contributed by atoms with Gasteiger partial charge in [0.25, 0.3) is 5.91 Å². The lowest BCUT2D eigenvalue weighted by Crippen LogP contribution is -2.43. The van der Waals surface area contributed by atoms with E-state index in [0.29, 0.717) is 31.4 Å². The van der Waals surface area contributed by atoms with Crippen molar-refractivity contribution in [1.29, 1.82) is 0 Å². The van der Waals surface area contributed by atoms with Crippen molar-refractivity contribution in [2.45, 2.75) is 66.0 Å². The van der Waals surface area contributed by atoms with E-state index in [4.69, 9.17) is 0 Å². The van der Waals surface area contributed by atoms with Crippen LogP contribution in [0.5, 0.6) is 0 Å². The van der Waals surface area contributed by atoms with Crippen molar-refractivity contribution in [3.8, 4) is 0 Å². The molecule has 1 N–H and O–H groups in total. The van der Waals surface area contributed by atoms with E-state index in [1.807, 2.05) is 39.0 Å². The molecule has 1 amide bonds. The molecule has 0 saturated heterocycles. The molecule has 1 aromatic carbocycles. The number of carbonyl (C=O) groups is 1. The molecule has 7 heteroatoms. The van der Waals surface area contributed by atoms with E-state index in [0.717, 1.165) is 17.5 Å². The lowest BCUT2D eigenvalue weighted by atomic mass is 9.97. The number of hydrogen-bond donors (Lipinski definition) is 1. The number of aryl methyl sites for hydroxylation is 4. The van der Waals surface area contributed by atoms with Crippen LogP contribution >= 0.6 is 0 Å². The first-order valence-corrected chi connectivity index (χ1v) is 9.90. The second-order valence-corrected chi connectivity index (χ2v) is 7.04. The normalized spacial score (nSPS) is 11.6. The van der Waals surface area contributed by atoms with Crippen molar-refractivity contribution in [2.24, 2.45) is 0 Å². The highest BCUT2D eigenvalue weighted by Gasteiger charge is 2.46. The molecule has 158 valence electrons. The predicted molar refractivity (Wildman–Crippen MR) is 107 cm³/mol. The Labute approximate surface area is 169 Å². The van der Waals surface area contributed by atoms with Crippen LogP contribution in [-0.2, 0) is 25.4 Å². The maximum Gasteiger partial charge on any atom is 0.479 e. The number of hydrogen-bond acceptors (Lipinski definition) is 2. The zero-order chi connectivity index (χ0) is 21.8. The fourth-order valence-electron chi connectivity index (χ4n) is 3.47. The van der Waals surface area contributed by atoms with Gasteiger partial charge >= 0.3 is 11.9 Å². The van der Waals surface area contributed by atoms with E-state index < -0.39 is 23.3 Å². The van der Waals surface area contributed by atoms with E-state index in [2.05, 4.69) is 5.32 Å². The van der Waals surface area contributed by atoms with Crippen molar-refractivity contribution in [1.82, 2.24) is 0 Å². The Bertz CT molecular complexity index is 870. The van der Waals surface area contributed by atoms with E-state index >= 15 is 0 Å². The smallest absolute Gasteiger partial charge is 0.479 e. The van der Waals surface area contributed by atoms with Crippen molar-refractivity contribution in [3.63, 3.8) is 0 Å². The highest BCUT2D eigenvalue weighted by Crippen LogP contribution is 2.33. The summed E-state index contributed by atoms with van der Waals surface area (Å²) in [6, 6.07) is 6.92. The molecule has 0 saturated carbocycles. The standard InChI is InChI=1S/C22H27F3N2O2/c1-5-8-10-17-13-14(4)27(29)20(22(23,24)25)18(17)21(28)26-19-15(6-2)11-9-12-16(19)7-3/h9,11-13H,5-8,10H2,1-4H3,(H,26,28). The lowest BCUT2D eigenvalue weighted by molar-refractivity contribution is -0.635. The molecule has 0 bridgehead atoms. The maximum atomic E-state index is 13.8. The first-order chi connectivity index (χ1) is 13.6. The van der Waals surface area contributed by atoms with Gasteiger partial charge in [-0.25, -0.2) is 0 Å². The summed E-state index contributed by atoms with van der Waals surface area (Å²) < 4.78 is 41.2. The number of benzene rings is 1. The number of para-hydroxylation sites is 1. The molecule has 0 radical (unpaired) electrons. The monoisotopic (exact) mass is 408 g/mol. The third-order valence-electron chi connectivity index (χ3n) is 5.00. The predicted octanol–water partition coefficient (Wildman–Crippen LogP) is 5.37. The average molecular weight is 408 g/mol. The van der Waals surface area contributed by atoms with Gasteiger partial charge in [0.15, 0.2) is 5.69 Å². The van der Waals surface area contributed by atoms with Crippen molar-refractivity contribution < 1.29 is 22.7 Å². The first-order valence-electron chi connectivity index (χ1n) is 9.90. The van der Waals surface area contributed by atoms with E-state index in [1.165, 1.54) is 13.0 Å². The molecule has 0 aliphatic heterocycles. The van der Waals surface area contributed by atoms with Gasteiger partial charge in [-0.3, -0.25) is 4.79 Å². The van der Waals surface area contributed by atoms with Crippen LogP contribution in [0.2, 0.25) is 0 Å². The second-order valence-electron chi connectivity index (χ2n) is 7.04. The minimum atomic E-state index is -4.95. The minimum Gasteiger partial charge on any atom is -0.618 e. The van der Waals surface area contributed by atoms with Gasteiger partial charge in [-0.1, -0.05) is 45.4 Å². The fourth-order valence-corrected chi connectivity index (χ4v) is 3.47. The van der Waals surface area contributed by atoms with Crippen LogP contribution in [0.4, 0.5) is 18.9 Å². The minimum absolute atomic E-state index is 0.0804. The van der Waals surface area contributed by atoms with Crippen LogP contribution in [0, 0.1) is 12.1 Å². The number of amides is 1. The molecular formula is C22H27F3N2O2. The summed E-state index contributed by atoms with van der Waals surface area (Å²) in [4.78, 5) is 13.1. The van der Waals surface area contributed by atoms with Gasteiger partial charge in [0.1, 0.15) is 5.56 Å². The number of nitrogens with zero attached hydrogens (tertiary/aromatic N) is 1. The number of alkyl halides is 3. The molecule has 29 heavy (non-hydrogen) atoms. The van der Waals surface area contributed by atoms with E-state index in [1.54, 1.807) is 0 Å². The summed E-state index contributed by atoms with van der Waals surface area (Å²) in [6.07, 6.45) is -2.04.